The largest absolute Gasteiger partial charge is 0.481 e. The van der Waals surface area contributed by atoms with Gasteiger partial charge in [0.05, 0.1) is 12.5 Å². The summed E-state index contributed by atoms with van der Waals surface area (Å²) in [5.74, 6) is -6.77. The molecule has 0 radical (unpaired) electrons. The summed E-state index contributed by atoms with van der Waals surface area (Å²) in [6.45, 7) is 0. The monoisotopic (exact) mass is 595 g/mol. The van der Waals surface area contributed by atoms with E-state index >= 15 is 0 Å². The number of para-hydroxylation sites is 1. The van der Waals surface area contributed by atoms with Gasteiger partial charge in [-0.1, -0.05) is 48.5 Å². The van der Waals surface area contributed by atoms with E-state index in [-0.39, 0.29) is 19.3 Å². The van der Waals surface area contributed by atoms with Gasteiger partial charge in [0.25, 0.3) is 0 Å². The van der Waals surface area contributed by atoms with Crippen molar-refractivity contribution in [2.24, 2.45) is 5.73 Å². The van der Waals surface area contributed by atoms with Gasteiger partial charge in [-0.05, 0) is 23.6 Å². The van der Waals surface area contributed by atoms with Gasteiger partial charge in [0.1, 0.15) is 18.1 Å². The van der Waals surface area contributed by atoms with Gasteiger partial charge >= 0.3 is 17.9 Å². The number of hydrogen-bond acceptors (Lipinski definition) is 7. The van der Waals surface area contributed by atoms with Gasteiger partial charge in [0, 0.05) is 36.4 Å². The number of fused-ring (bicyclic) bond motifs is 1. The Bertz CT molecular complexity index is 1470. The zero-order chi connectivity index (χ0) is 31.5. The SMILES string of the molecule is NC(CCC(=O)O)C(=O)NC(CC(=O)O)C(=O)NC(Cc1c[nH]c2ccccc12)C(=O)NC(Cc1ccccc1)C(=O)O. The molecule has 14 nitrogen and oxygen atoms in total. The first kappa shape index (κ1) is 32.3. The number of nitrogens with two attached hydrogens (primary N) is 1. The van der Waals surface area contributed by atoms with Gasteiger partial charge in [-0.2, -0.15) is 0 Å². The Balaban J connectivity index is 1.85. The Morgan fingerprint density at radius 2 is 1.33 bits per heavy atom. The van der Waals surface area contributed by atoms with Gasteiger partial charge in [0.15, 0.2) is 0 Å². The first-order valence-electron chi connectivity index (χ1n) is 13.4. The predicted octanol–water partition coefficient (Wildman–Crippen LogP) is 0.159. The molecule has 4 unspecified atom stereocenters. The second-order valence-corrected chi connectivity index (χ2v) is 9.91. The molecule has 0 saturated heterocycles. The van der Waals surface area contributed by atoms with Crippen molar-refractivity contribution in [3.63, 3.8) is 0 Å². The minimum Gasteiger partial charge on any atom is -0.481 e. The minimum absolute atomic E-state index is 0.0401. The minimum atomic E-state index is -1.67. The number of rotatable bonds is 16. The summed E-state index contributed by atoms with van der Waals surface area (Å²) in [7, 11) is 0. The summed E-state index contributed by atoms with van der Waals surface area (Å²) < 4.78 is 0. The summed E-state index contributed by atoms with van der Waals surface area (Å²) in [4.78, 5) is 76.7. The fourth-order valence-corrected chi connectivity index (χ4v) is 4.40. The molecule has 2 aromatic carbocycles. The van der Waals surface area contributed by atoms with Crippen molar-refractivity contribution in [3.8, 4) is 0 Å². The van der Waals surface area contributed by atoms with Crippen LogP contribution in [0, 0.1) is 0 Å². The molecule has 9 N–H and O–H groups in total. The summed E-state index contributed by atoms with van der Waals surface area (Å²) in [6.07, 6.45) is -0.0615. The Kier molecular flexibility index (Phi) is 11.3. The molecule has 0 aliphatic heterocycles. The number of aliphatic carboxylic acids is 3. The van der Waals surface area contributed by atoms with Crippen molar-refractivity contribution < 1.29 is 44.1 Å². The third-order valence-electron chi connectivity index (χ3n) is 6.65. The predicted molar refractivity (Wildman–Crippen MR) is 153 cm³/mol. The Morgan fingerprint density at radius 3 is 1.98 bits per heavy atom. The lowest BCUT2D eigenvalue weighted by Gasteiger charge is -2.25. The van der Waals surface area contributed by atoms with Crippen LogP contribution in [0.1, 0.15) is 30.4 Å². The third-order valence-corrected chi connectivity index (χ3v) is 6.65. The van der Waals surface area contributed by atoms with Crippen molar-refractivity contribution in [1.29, 1.82) is 0 Å². The number of carboxylic acids is 3. The van der Waals surface area contributed by atoms with Crippen molar-refractivity contribution >= 4 is 46.5 Å². The van der Waals surface area contributed by atoms with Crippen LogP contribution in [0.3, 0.4) is 0 Å². The van der Waals surface area contributed by atoms with Gasteiger partial charge in [-0.3, -0.25) is 24.0 Å². The molecular formula is C29H33N5O9. The van der Waals surface area contributed by atoms with Gasteiger partial charge in [-0.15, -0.1) is 0 Å². The molecule has 3 rings (SSSR count). The number of amides is 3. The molecule has 1 aromatic heterocycles. The van der Waals surface area contributed by atoms with Crippen LogP contribution in [0.4, 0.5) is 0 Å². The lowest BCUT2D eigenvalue weighted by Crippen LogP contribution is -2.58. The van der Waals surface area contributed by atoms with Gasteiger partial charge in [-0.25, -0.2) is 4.79 Å². The summed E-state index contributed by atoms with van der Waals surface area (Å²) in [6, 6.07) is 10.1. The Morgan fingerprint density at radius 1 is 0.721 bits per heavy atom. The number of hydrogen-bond donors (Lipinski definition) is 8. The van der Waals surface area contributed by atoms with Crippen LogP contribution in [-0.4, -0.2) is 80.1 Å². The number of carboxylic acid groups (broad SMARTS) is 3. The zero-order valence-electron chi connectivity index (χ0n) is 23.0. The van der Waals surface area contributed by atoms with E-state index in [4.69, 9.17) is 10.8 Å². The molecule has 0 aliphatic rings. The highest BCUT2D eigenvalue weighted by Gasteiger charge is 2.32. The summed E-state index contributed by atoms with van der Waals surface area (Å²) in [5, 5.41) is 35.9. The number of nitrogens with one attached hydrogen (secondary N) is 4. The molecule has 0 aliphatic carbocycles. The van der Waals surface area contributed by atoms with Crippen LogP contribution < -0.4 is 21.7 Å². The summed E-state index contributed by atoms with van der Waals surface area (Å²) >= 11 is 0. The van der Waals surface area contributed by atoms with E-state index in [9.17, 15) is 39.0 Å². The van der Waals surface area contributed by atoms with Crippen molar-refractivity contribution in [1.82, 2.24) is 20.9 Å². The van der Waals surface area contributed by atoms with Crippen LogP contribution in [0.25, 0.3) is 10.9 Å². The molecule has 0 saturated carbocycles. The van der Waals surface area contributed by atoms with Gasteiger partial charge < -0.3 is 42.0 Å². The number of aromatic amines is 1. The average molecular weight is 596 g/mol. The molecule has 0 fully saturated rings. The Labute approximate surface area is 245 Å². The zero-order valence-corrected chi connectivity index (χ0v) is 23.0. The quantitative estimate of drug-likeness (QED) is 0.111. The van der Waals surface area contributed by atoms with Crippen molar-refractivity contribution in [3.05, 3.63) is 71.9 Å². The van der Waals surface area contributed by atoms with Crippen LogP contribution >= 0.6 is 0 Å². The van der Waals surface area contributed by atoms with Gasteiger partial charge in [0.2, 0.25) is 17.7 Å². The van der Waals surface area contributed by atoms with E-state index in [1.54, 1.807) is 60.8 Å². The molecule has 228 valence electrons. The lowest BCUT2D eigenvalue weighted by atomic mass is 10.0. The fourth-order valence-electron chi connectivity index (χ4n) is 4.40. The Hall–Kier alpha value is -5.24. The lowest BCUT2D eigenvalue weighted by molar-refractivity contribution is -0.143. The number of benzene rings is 2. The second kappa shape index (κ2) is 15.1. The first-order chi connectivity index (χ1) is 20.4. The maximum Gasteiger partial charge on any atom is 0.326 e. The topological polar surface area (TPSA) is 241 Å². The van der Waals surface area contributed by atoms with Crippen molar-refractivity contribution in [2.45, 2.75) is 56.3 Å². The van der Waals surface area contributed by atoms with E-state index < -0.39 is 72.6 Å². The molecular weight excluding hydrogens is 562 g/mol. The number of carbonyl (C=O) groups excluding carboxylic acids is 3. The molecule has 4 atom stereocenters. The highest BCUT2D eigenvalue weighted by atomic mass is 16.4. The molecule has 3 aromatic rings. The molecule has 43 heavy (non-hydrogen) atoms. The van der Waals surface area contributed by atoms with E-state index in [0.717, 1.165) is 10.9 Å². The van der Waals surface area contributed by atoms with Crippen LogP contribution in [-0.2, 0) is 41.6 Å². The highest BCUT2D eigenvalue weighted by Crippen LogP contribution is 2.19. The molecule has 3 amide bonds. The molecule has 0 bridgehead atoms. The highest BCUT2D eigenvalue weighted by molar-refractivity contribution is 5.96. The van der Waals surface area contributed by atoms with Crippen LogP contribution in [0.2, 0.25) is 0 Å². The van der Waals surface area contributed by atoms with Crippen LogP contribution in [0.5, 0.6) is 0 Å². The summed E-state index contributed by atoms with van der Waals surface area (Å²) in [5.41, 5.74) is 7.72. The number of aromatic nitrogens is 1. The maximum atomic E-state index is 13.5. The smallest absolute Gasteiger partial charge is 0.326 e. The number of H-pyrrole nitrogens is 1. The standard InChI is InChI=1S/C29H33N5O9/c30-19(10-11-24(35)36)26(39)32-22(14-25(37)38)28(41)33-21(13-17-15-31-20-9-5-4-8-18(17)20)27(40)34-23(29(42)43)12-16-6-2-1-3-7-16/h1-9,15,19,21-23,31H,10-14,30H2,(H,32,39)(H,33,41)(H,34,40)(H,35,36)(H,37,38)(H,42,43). The van der Waals surface area contributed by atoms with E-state index in [1.807, 2.05) is 0 Å². The average Bonchev–Trinajstić information content (AvgIpc) is 3.37. The van der Waals surface area contributed by atoms with E-state index in [0.29, 0.717) is 11.1 Å². The molecule has 1 heterocycles. The molecule has 0 spiro atoms. The fraction of sp³-hybridized carbons (Fsp3) is 0.310. The number of carbonyl (C=O) groups is 6. The van der Waals surface area contributed by atoms with Crippen LogP contribution in [0.15, 0.2) is 60.8 Å². The molecule has 14 heteroatoms. The second-order valence-electron chi connectivity index (χ2n) is 9.91. The van der Waals surface area contributed by atoms with E-state index in [2.05, 4.69) is 20.9 Å². The first-order valence-corrected chi connectivity index (χ1v) is 13.4. The maximum absolute atomic E-state index is 13.5. The third kappa shape index (κ3) is 9.67. The van der Waals surface area contributed by atoms with E-state index in [1.165, 1.54) is 0 Å². The normalized spacial score (nSPS) is 13.7. The van der Waals surface area contributed by atoms with Crippen molar-refractivity contribution in [2.75, 3.05) is 0 Å².